The SMILES string of the molecule is Cc1[nH]n(-c2ccccc2)c(=O)c1Cc1cccc(S(C)(=O)=O)c1. The van der Waals surface area contributed by atoms with Crippen molar-refractivity contribution in [3.05, 3.63) is 81.8 Å². The lowest BCUT2D eigenvalue weighted by Crippen LogP contribution is -2.17. The average molecular weight is 342 g/mol. The van der Waals surface area contributed by atoms with Gasteiger partial charge in [-0.1, -0.05) is 30.3 Å². The van der Waals surface area contributed by atoms with Crippen LogP contribution in [0.15, 0.2) is 64.3 Å². The summed E-state index contributed by atoms with van der Waals surface area (Å²) in [5.74, 6) is 0. The Morgan fingerprint density at radius 2 is 1.75 bits per heavy atom. The maximum absolute atomic E-state index is 12.7. The minimum Gasteiger partial charge on any atom is -0.295 e. The predicted molar refractivity (Wildman–Crippen MR) is 93.5 cm³/mol. The lowest BCUT2D eigenvalue weighted by molar-refractivity contribution is 0.602. The van der Waals surface area contributed by atoms with Crippen molar-refractivity contribution in [3.8, 4) is 5.69 Å². The summed E-state index contributed by atoms with van der Waals surface area (Å²) in [6.45, 7) is 1.84. The third-order valence-corrected chi connectivity index (χ3v) is 5.03. The van der Waals surface area contributed by atoms with Crippen molar-refractivity contribution in [1.29, 1.82) is 0 Å². The molecule has 0 aliphatic rings. The van der Waals surface area contributed by atoms with Gasteiger partial charge in [0.2, 0.25) is 0 Å². The molecule has 3 aromatic rings. The smallest absolute Gasteiger partial charge is 0.274 e. The van der Waals surface area contributed by atoms with E-state index >= 15 is 0 Å². The third-order valence-electron chi connectivity index (χ3n) is 3.92. The standard InChI is InChI=1S/C18H18N2O3S/c1-13-17(12-14-7-6-10-16(11-14)24(2,22)23)18(21)20(19-13)15-8-4-3-5-9-15/h3-11,19H,12H2,1-2H3. The first-order valence-corrected chi connectivity index (χ1v) is 9.40. The van der Waals surface area contributed by atoms with Crippen molar-refractivity contribution in [1.82, 2.24) is 9.78 Å². The van der Waals surface area contributed by atoms with E-state index in [-0.39, 0.29) is 10.5 Å². The molecule has 0 atom stereocenters. The average Bonchev–Trinajstić information content (AvgIpc) is 2.83. The highest BCUT2D eigenvalue weighted by atomic mass is 32.2. The van der Waals surface area contributed by atoms with Crippen molar-refractivity contribution < 1.29 is 8.42 Å². The molecule has 0 bridgehead atoms. The Kier molecular flexibility index (Phi) is 4.15. The number of aromatic amines is 1. The zero-order valence-corrected chi connectivity index (χ0v) is 14.3. The summed E-state index contributed by atoms with van der Waals surface area (Å²) in [4.78, 5) is 13.0. The molecule has 0 saturated heterocycles. The number of benzene rings is 2. The molecule has 1 N–H and O–H groups in total. The Morgan fingerprint density at radius 1 is 1.04 bits per heavy atom. The zero-order chi connectivity index (χ0) is 17.3. The Labute approximate surface area is 140 Å². The first-order valence-electron chi connectivity index (χ1n) is 7.51. The predicted octanol–water partition coefficient (Wildman–Crippen LogP) is 2.47. The zero-order valence-electron chi connectivity index (χ0n) is 13.5. The molecule has 24 heavy (non-hydrogen) atoms. The van der Waals surface area contributed by atoms with Crippen molar-refractivity contribution >= 4 is 9.84 Å². The van der Waals surface area contributed by atoms with Crippen molar-refractivity contribution in [2.45, 2.75) is 18.2 Å². The summed E-state index contributed by atoms with van der Waals surface area (Å²) in [5.41, 5.74) is 2.83. The molecule has 6 heteroatoms. The molecule has 0 fully saturated rings. The number of H-pyrrole nitrogens is 1. The number of aromatic nitrogens is 2. The van der Waals surface area contributed by atoms with Crippen LogP contribution in [0.1, 0.15) is 16.8 Å². The van der Waals surface area contributed by atoms with E-state index in [4.69, 9.17) is 0 Å². The van der Waals surface area contributed by atoms with Gasteiger partial charge in [-0.2, -0.15) is 0 Å². The van der Waals surface area contributed by atoms with Crippen LogP contribution in [-0.4, -0.2) is 24.5 Å². The topological polar surface area (TPSA) is 71.9 Å². The summed E-state index contributed by atoms with van der Waals surface area (Å²) in [5, 5.41) is 3.08. The molecule has 1 heterocycles. The third kappa shape index (κ3) is 3.19. The van der Waals surface area contributed by atoms with E-state index in [1.165, 1.54) is 10.9 Å². The summed E-state index contributed by atoms with van der Waals surface area (Å²) < 4.78 is 24.9. The highest BCUT2D eigenvalue weighted by molar-refractivity contribution is 7.90. The second kappa shape index (κ2) is 6.13. The monoisotopic (exact) mass is 342 g/mol. The van der Waals surface area contributed by atoms with Gasteiger partial charge in [0, 0.05) is 23.9 Å². The molecule has 3 rings (SSSR count). The molecular weight excluding hydrogens is 324 g/mol. The number of aryl methyl sites for hydroxylation is 1. The fourth-order valence-electron chi connectivity index (χ4n) is 2.64. The fraction of sp³-hybridized carbons (Fsp3) is 0.167. The lowest BCUT2D eigenvalue weighted by atomic mass is 10.1. The van der Waals surface area contributed by atoms with Gasteiger partial charge < -0.3 is 0 Å². The van der Waals surface area contributed by atoms with E-state index in [9.17, 15) is 13.2 Å². The van der Waals surface area contributed by atoms with E-state index in [0.717, 1.165) is 16.9 Å². The van der Waals surface area contributed by atoms with E-state index < -0.39 is 9.84 Å². The largest absolute Gasteiger partial charge is 0.295 e. The highest BCUT2D eigenvalue weighted by Crippen LogP contribution is 2.16. The van der Waals surface area contributed by atoms with Gasteiger partial charge in [0.1, 0.15) is 0 Å². The number of nitrogens with zero attached hydrogens (tertiary/aromatic N) is 1. The van der Waals surface area contributed by atoms with Gasteiger partial charge in [-0.15, -0.1) is 0 Å². The number of sulfone groups is 1. The van der Waals surface area contributed by atoms with Crippen LogP contribution in [0.25, 0.3) is 5.69 Å². The quantitative estimate of drug-likeness (QED) is 0.792. The number of hydrogen-bond donors (Lipinski definition) is 1. The van der Waals surface area contributed by atoms with Crippen LogP contribution in [-0.2, 0) is 16.3 Å². The van der Waals surface area contributed by atoms with Crippen LogP contribution in [0.4, 0.5) is 0 Å². The molecule has 0 unspecified atom stereocenters. The number of rotatable bonds is 4. The lowest BCUT2D eigenvalue weighted by Gasteiger charge is -2.03. The van der Waals surface area contributed by atoms with Gasteiger partial charge in [-0.25, -0.2) is 13.1 Å². The summed E-state index contributed by atoms with van der Waals surface area (Å²) in [6, 6.07) is 16.0. The Balaban J connectivity index is 2.01. The molecule has 0 amide bonds. The van der Waals surface area contributed by atoms with Gasteiger partial charge in [-0.3, -0.25) is 9.89 Å². The minimum absolute atomic E-state index is 0.122. The molecule has 0 radical (unpaired) electrons. The van der Waals surface area contributed by atoms with Crippen molar-refractivity contribution in [2.75, 3.05) is 6.26 Å². The number of para-hydroxylation sites is 1. The van der Waals surface area contributed by atoms with Gasteiger partial charge in [-0.05, 0) is 36.8 Å². The van der Waals surface area contributed by atoms with Gasteiger partial charge in [0.05, 0.1) is 10.6 Å². The Morgan fingerprint density at radius 3 is 2.42 bits per heavy atom. The Hall–Kier alpha value is -2.60. The van der Waals surface area contributed by atoms with Crippen LogP contribution in [0.3, 0.4) is 0 Å². The first-order chi connectivity index (χ1) is 11.4. The number of nitrogens with one attached hydrogen (secondary N) is 1. The van der Waals surface area contributed by atoms with E-state index in [2.05, 4.69) is 5.10 Å². The highest BCUT2D eigenvalue weighted by Gasteiger charge is 2.14. The molecule has 5 nitrogen and oxygen atoms in total. The van der Waals surface area contributed by atoms with E-state index in [1.807, 2.05) is 43.3 Å². The van der Waals surface area contributed by atoms with Crippen LogP contribution in [0.2, 0.25) is 0 Å². The molecule has 0 saturated carbocycles. The second-order valence-electron chi connectivity index (χ2n) is 5.79. The van der Waals surface area contributed by atoms with Crippen molar-refractivity contribution in [2.24, 2.45) is 0 Å². The molecule has 0 aliphatic heterocycles. The van der Waals surface area contributed by atoms with Crippen LogP contribution < -0.4 is 5.56 Å². The minimum atomic E-state index is -3.27. The first kappa shape index (κ1) is 16.3. The van der Waals surface area contributed by atoms with Gasteiger partial charge in [0.25, 0.3) is 5.56 Å². The van der Waals surface area contributed by atoms with Crippen LogP contribution in [0.5, 0.6) is 0 Å². The molecule has 0 aliphatic carbocycles. The van der Waals surface area contributed by atoms with Gasteiger partial charge in [0.15, 0.2) is 9.84 Å². The normalized spacial score (nSPS) is 11.6. The number of hydrogen-bond acceptors (Lipinski definition) is 3. The second-order valence-corrected chi connectivity index (χ2v) is 7.80. The van der Waals surface area contributed by atoms with Crippen molar-refractivity contribution in [3.63, 3.8) is 0 Å². The molecule has 1 aromatic heterocycles. The van der Waals surface area contributed by atoms with Crippen LogP contribution >= 0.6 is 0 Å². The van der Waals surface area contributed by atoms with E-state index in [0.29, 0.717) is 12.0 Å². The summed E-state index contributed by atoms with van der Waals surface area (Å²) in [7, 11) is -3.27. The Bertz CT molecular complexity index is 1030. The van der Waals surface area contributed by atoms with Crippen LogP contribution in [0, 0.1) is 6.92 Å². The summed E-state index contributed by atoms with van der Waals surface area (Å²) >= 11 is 0. The maximum atomic E-state index is 12.7. The molecule has 2 aromatic carbocycles. The molecule has 124 valence electrons. The van der Waals surface area contributed by atoms with Gasteiger partial charge >= 0.3 is 0 Å². The van der Waals surface area contributed by atoms with E-state index in [1.54, 1.807) is 18.2 Å². The molecular formula is C18H18N2O3S. The summed E-state index contributed by atoms with van der Waals surface area (Å²) in [6.07, 6.45) is 1.56. The molecule has 0 spiro atoms. The fourth-order valence-corrected chi connectivity index (χ4v) is 3.33. The maximum Gasteiger partial charge on any atom is 0.274 e.